The predicted molar refractivity (Wildman–Crippen MR) is 54.3 cm³/mol. The van der Waals surface area contributed by atoms with Crippen molar-refractivity contribution < 1.29 is 13.7 Å². The highest BCUT2D eigenvalue weighted by molar-refractivity contribution is 5.92. The smallest absolute Gasteiger partial charge is 0.271 e. The number of rotatable bonds is 3. The second kappa shape index (κ2) is 5.04. The summed E-state index contributed by atoms with van der Waals surface area (Å²) in [7, 11) is 0. The Morgan fingerprint density at radius 2 is 2.27 bits per heavy atom. The van der Waals surface area contributed by atoms with Gasteiger partial charge in [0.2, 0.25) is 5.91 Å². The summed E-state index contributed by atoms with van der Waals surface area (Å²) in [4.78, 5) is 22.4. The molecule has 0 spiro atoms. The van der Waals surface area contributed by atoms with Crippen molar-refractivity contribution in [3.63, 3.8) is 0 Å². The Morgan fingerprint density at radius 1 is 1.47 bits per heavy atom. The molecule has 6 nitrogen and oxygen atoms in total. The van der Waals surface area contributed by atoms with Gasteiger partial charge in [0.1, 0.15) is 0 Å². The lowest BCUT2D eigenvalue weighted by atomic mass is 10.3. The third kappa shape index (κ3) is 3.01. The van der Waals surface area contributed by atoms with E-state index in [0.717, 1.165) is 0 Å². The molecule has 0 aliphatic carbocycles. The van der Waals surface area contributed by atoms with Gasteiger partial charge in [-0.2, -0.15) is 0 Å². The summed E-state index contributed by atoms with van der Waals surface area (Å²) in [6.45, 7) is -0.894. The van der Waals surface area contributed by atoms with Crippen LogP contribution in [0.3, 0.4) is 0 Å². The fraction of sp³-hybridized carbons (Fsp3) is 0.333. The van der Waals surface area contributed by atoms with E-state index < -0.39 is 12.9 Å². The second-order valence-corrected chi connectivity index (χ2v) is 2.66. The lowest BCUT2D eigenvalue weighted by molar-refractivity contribution is -0.115. The number of hydrogen-bond acceptors (Lipinski definition) is 4. The third-order valence-electron chi connectivity index (χ3n) is 1.60. The zero-order valence-electron chi connectivity index (χ0n) is 11.1. The van der Waals surface area contributed by atoms with E-state index in [9.17, 15) is 9.59 Å². The van der Waals surface area contributed by atoms with Gasteiger partial charge in [-0.05, 0) is 12.1 Å². The van der Waals surface area contributed by atoms with Crippen molar-refractivity contribution in [2.75, 3.05) is 12.3 Å². The molecule has 2 N–H and O–H groups in total. The molecule has 0 aromatic carbocycles. The minimum atomic E-state index is -2.58. The molecule has 1 aromatic heterocycles. The Hall–Kier alpha value is -1.98. The molecule has 1 rings (SSSR count). The maximum absolute atomic E-state index is 11.4. The molecule has 0 saturated carbocycles. The summed E-state index contributed by atoms with van der Waals surface area (Å²) >= 11 is 0. The number of hydrogen-bond donors (Lipinski definition) is 2. The molecule has 0 fully saturated rings. The first-order chi connectivity index (χ1) is 8.31. The zero-order chi connectivity index (χ0) is 13.8. The number of carbonyl (C=O) groups is 2. The summed E-state index contributed by atoms with van der Waals surface area (Å²) < 4.78 is 20.6. The average molecular weight is 211 g/mol. The molecule has 80 valence electrons. The number of carbonyl (C=O) groups excluding carboxylic acids is 2. The molecule has 6 heteroatoms. The van der Waals surface area contributed by atoms with Crippen molar-refractivity contribution in [3.8, 4) is 0 Å². The van der Waals surface area contributed by atoms with E-state index in [1.54, 1.807) is 12.2 Å². The van der Waals surface area contributed by atoms with Crippen LogP contribution >= 0.6 is 0 Å². The maximum atomic E-state index is 11.4. The molecule has 1 aromatic rings. The molecular weight excluding hydrogens is 196 g/mol. The average Bonchev–Trinajstić information content (AvgIpc) is 2.27. The van der Waals surface area contributed by atoms with Crippen molar-refractivity contribution in [2.45, 2.75) is 13.3 Å². The van der Waals surface area contributed by atoms with Gasteiger partial charge in [-0.3, -0.25) is 9.59 Å². The first-order valence-corrected chi connectivity index (χ1v) is 4.28. The third-order valence-corrected chi connectivity index (χ3v) is 1.60. The van der Waals surface area contributed by atoms with E-state index in [-0.39, 0.29) is 17.4 Å². The number of anilines is 1. The molecule has 0 aliphatic heterocycles. The van der Waals surface area contributed by atoms with E-state index in [0.29, 0.717) is 6.42 Å². The summed E-state index contributed by atoms with van der Waals surface area (Å²) in [6.07, 6.45) is 0.295. The topological polar surface area (TPSA) is 84.0 Å². The molecule has 0 unspecified atom stereocenters. The van der Waals surface area contributed by atoms with Gasteiger partial charge in [0.15, 0.2) is 11.5 Å². The Morgan fingerprint density at radius 3 is 2.80 bits per heavy atom. The maximum Gasteiger partial charge on any atom is 0.271 e. The van der Waals surface area contributed by atoms with Crippen LogP contribution in [-0.2, 0) is 4.79 Å². The lowest BCUT2D eigenvalue weighted by Crippen LogP contribution is -2.20. The van der Waals surface area contributed by atoms with Crippen molar-refractivity contribution in [1.82, 2.24) is 15.5 Å². The number of nitrogens with one attached hydrogen (secondary N) is 2. The summed E-state index contributed by atoms with van der Waals surface area (Å²) in [5, 5.41) is 11.3. The summed E-state index contributed by atoms with van der Waals surface area (Å²) in [5.74, 6) is -0.882. The van der Waals surface area contributed by atoms with Gasteiger partial charge >= 0.3 is 0 Å². The Balaban J connectivity index is 2.71. The Kier molecular flexibility index (Phi) is 2.46. The zero-order valence-corrected chi connectivity index (χ0v) is 8.07. The van der Waals surface area contributed by atoms with E-state index in [1.807, 2.05) is 0 Å². The molecule has 2 amide bonds. The van der Waals surface area contributed by atoms with Crippen LogP contribution in [0.2, 0.25) is 0 Å². The highest BCUT2D eigenvalue weighted by Gasteiger charge is 2.06. The fourth-order valence-corrected chi connectivity index (χ4v) is 0.815. The van der Waals surface area contributed by atoms with Crippen LogP contribution in [0.5, 0.6) is 0 Å². The lowest BCUT2D eigenvalue weighted by Gasteiger charge is -2.02. The van der Waals surface area contributed by atoms with E-state index in [1.165, 1.54) is 12.1 Å². The van der Waals surface area contributed by atoms with Gasteiger partial charge in [0.05, 0.1) is 0 Å². The molecule has 0 aliphatic rings. The van der Waals surface area contributed by atoms with E-state index >= 15 is 0 Å². The summed E-state index contributed by atoms with van der Waals surface area (Å²) in [6, 6.07) is 2.65. The molecular formula is C9H12N4O2. The van der Waals surface area contributed by atoms with Crippen molar-refractivity contribution in [1.29, 1.82) is 0 Å². The minimum absolute atomic E-state index is 0.138. The van der Waals surface area contributed by atoms with Crippen LogP contribution < -0.4 is 10.6 Å². The van der Waals surface area contributed by atoms with Gasteiger partial charge in [-0.15, -0.1) is 10.2 Å². The monoisotopic (exact) mass is 211 g/mol. The second-order valence-electron chi connectivity index (χ2n) is 2.66. The fourth-order valence-electron chi connectivity index (χ4n) is 0.815. The van der Waals surface area contributed by atoms with Crippen LogP contribution in [0.15, 0.2) is 12.1 Å². The Bertz CT molecular complexity index is 444. The number of aromatic nitrogens is 2. The first kappa shape index (κ1) is 7.33. The molecule has 0 saturated heterocycles. The van der Waals surface area contributed by atoms with Gasteiger partial charge in [-0.1, -0.05) is 6.92 Å². The Labute approximate surface area is 91.3 Å². The van der Waals surface area contributed by atoms with Crippen LogP contribution in [0.4, 0.5) is 5.82 Å². The van der Waals surface area contributed by atoms with Gasteiger partial charge in [0, 0.05) is 17.5 Å². The highest BCUT2D eigenvalue weighted by Crippen LogP contribution is 2.02. The highest BCUT2D eigenvalue weighted by atomic mass is 16.2. The first-order valence-electron chi connectivity index (χ1n) is 5.78. The SMILES string of the molecule is [2H]C([2H])([2H])NC(=O)c1ccc(NC(=O)CC)nn1. The van der Waals surface area contributed by atoms with Crippen molar-refractivity contribution in [3.05, 3.63) is 17.8 Å². The largest absolute Gasteiger partial charge is 0.354 e. The minimum Gasteiger partial charge on any atom is -0.354 e. The number of amides is 2. The van der Waals surface area contributed by atoms with Crippen molar-refractivity contribution in [2.24, 2.45) is 0 Å². The summed E-state index contributed by atoms with van der Waals surface area (Å²) in [5.41, 5.74) is -0.138. The van der Waals surface area contributed by atoms with Crippen LogP contribution in [-0.4, -0.2) is 29.0 Å². The van der Waals surface area contributed by atoms with Gasteiger partial charge in [-0.25, -0.2) is 0 Å². The molecule has 0 bridgehead atoms. The molecule has 1 heterocycles. The van der Waals surface area contributed by atoms with E-state index in [4.69, 9.17) is 4.11 Å². The van der Waals surface area contributed by atoms with Gasteiger partial charge in [0.25, 0.3) is 5.91 Å². The molecule has 0 radical (unpaired) electrons. The predicted octanol–water partition coefficient (Wildman–Crippen LogP) is 0.185. The number of nitrogens with zero attached hydrogens (tertiary/aromatic N) is 2. The molecule has 0 atom stereocenters. The normalized spacial score (nSPS) is 13.3. The quantitative estimate of drug-likeness (QED) is 0.747. The van der Waals surface area contributed by atoms with E-state index in [2.05, 4.69) is 15.5 Å². The standard InChI is InChI=1S/C9H12N4O2/c1-3-8(14)11-7-5-4-6(12-13-7)9(15)10-2/h4-5H,3H2,1-2H3,(H,10,15)(H,11,13,14)/i2D3. The van der Waals surface area contributed by atoms with Gasteiger partial charge < -0.3 is 10.6 Å². The molecule has 15 heavy (non-hydrogen) atoms. The van der Waals surface area contributed by atoms with Crippen LogP contribution in [0, 0.1) is 0 Å². The van der Waals surface area contributed by atoms with Crippen LogP contribution in [0.25, 0.3) is 0 Å². The van der Waals surface area contributed by atoms with Crippen LogP contribution in [0.1, 0.15) is 27.9 Å². The van der Waals surface area contributed by atoms with Crippen molar-refractivity contribution >= 4 is 17.6 Å².